The Bertz CT molecular complexity index is 591. The molecule has 3 rings (SSSR count). The van der Waals surface area contributed by atoms with Crippen molar-refractivity contribution in [3.8, 4) is 0 Å². The Kier molecular flexibility index (Phi) is 6.02. The molecule has 0 aliphatic carbocycles. The van der Waals surface area contributed by atoms with Gasteiger partial charge < -0.3 is 4.74 Å². The zero-order valence-electron chi connectivity index (χ0n) is 13.5. The minimum atomic E-state index is 0.305. The van der Waals surface area contributed by atoms with Crippen LogP contribution in [0.3, 0.4) is 0 Å². The fraction of sp³-hybridized carbons (Fsp3) is 0.444. The lowest BCUT2D eigenvalue weighted by Gasteiger charge is -2.21. The first kappa shape index (κ1) is 16.4. The maximum Gasteiger partial charge on any atom is 0.187 e. The Labute approximate surface area is 142 Å². The van der Waals surface area contributed by atoms with Crippen molar-refractivity contribution in [3.63, 3.8) is 0 Å². The van der Waals surface area contributed by atoms with Gasteiger partial charge in [-0.2, -0.15) is 0 Å². The minimum absolute atomic E-state index is 0.305. The molecule has 0 radical (unpaired) electrons. The van der Waals surface area contributed by atoms with Crippen LogP contribution in [-0.4, -0.2) is 40.7 Å². The Morgan fingerprint density at radius 3 is 2.74 bits per heavy atom. The number of benzene rings is 1. The van der Waals surface area contributed by atoms with E-state index >= 15 is 0 Å². The molecule has 1 saturated heterocycles. The van der Waals surface area contributed by atoms with E-state index in [0.717, 1.165) is 43.6 Å². The summed E-state index contributed by atoms with van der Waals surface area (Å²) >= 11 is 1.68. The Balaban J connectivity index is 1.52. The number of rotatable bonds is 5. The van der Waals surface area contributed by atoms with Crippen LogP contribution < -0.4 is 0 Å². The lowest BCUT2D eigenvalue weighted by atomic mass is 10.2. The van der Waals surface area contributed by atoms with Gasteiger partial charge in [0.2, 0.25) is 0 Å². The van der Waals surface area contributed by atoms with Crippen LogP contribution in [0.5, 0.6) is 0 Å². The maximum atomic E-state index is 5.69. The molecule has 0 amide bonds. The van der Waals surface area contributed by atoms with E-state index in [1.165, 1.54) is 11.1 Å². The third-order valence-corrected chi connectivity index (χ3v) is 4.78. The summed E-state index contributed by atoms with van der Waals surface area (Å²) in [7, 11) is 0. The molecule has 1 atom stereocenters. The third-order valence-electron chi connectivity index (χ3n) is 3.83. The molecule has 122 valence electrons. The molecule has 1 aliphatic rings. The van der Waals surface area contributed by atoms with Gasteiger partial charge in [0.1, 0.15) is 0 Å². The fourth-order valence-corrected chi connectivity index (χ4v) is 3.45. The van der Waals surface area contributed by atoms with Crippen LogP contribution in [-0.2, 0) is 17.0 Å². The van der Waals surface area contributed by atoms with Gasteiger partial charge in [-0.3, -0.25) is 4.90 Å². The Morgan fingerprint density at radius 2 is 1.96 bits per heavy atom. The molecule has 1 fully saturated rings. The Morgan fingerprint density at radius 1 is 1.17 bits per heavy atom. The zero-order chi connectivity index (χ0) is 15.9. The average Bonchev–Trinajstić information content (AvgIpc) is 2.79. The molecular weight excluding hydrogens is 306 g/mol. The monoisotopic (exact) mass is 329 g/mol. The first-order valence-corrected chi connectivity index (χ1v) is 9.10. The molecule has 0 unspecified atom stereocenters. The summed E-state index contributed by atoms with van der Waals surface area (Å²) in [6.07, 6.45) is 5.31. The van der Waals surface area contributed by atoms with Crippen LogP contribution in [0.2, 0.25) is 0 Å². The highest BCUT2D eigenvalue weighted by Crippen LogP contribution is 2.19. The Hall–Kier alpha value is -1.43. The average molecular weight is 329 g/mol. The van der Waals surface area contributed by atoms with Gasteiger partial charge in [0.05, 0.1) is 6.10 Å². The summed E-state index contributed by atoms with van der Waals surface area (Å²) in [5.41, 5.74) is 2.46. The van der Waals surface area contributed by atoms with Crippen molar-refractivity contribution >= 4 is 11.8 Å². The van der Waals surface area contributed by atoms with Crippen LogP contribution in [0.15, 0.2) is 47.9 Å². The van der Waals surface area contributed by atoms with Crippen LogP contribution in [0, 0.1) is 0 Å². The van der Waals surface area contributed by atoms with E-state index in [0.29, 0.717) is 6.10 Å². The standard InChI is InChI=1S/C18H23N3OS/c1-15-12-21(8-5-9-22-15)13-17-10-19-18(20-11-17)23-14-16-6-3-2-4-7-16/h2-4,6-7,10-11,15H,5,8-9,12-14H2,1H3/t15-/m0/s1. The zero-order valence-corrected chi connectivity index (χ0v) is 14.3. The van der Waals surface area contributed by atoms with E-state index in [-0.39, 0.29) is 0 Å². The molecule has 0 bridgehead atoms. The summed E-state index contributed by atoms with van der Waals surface area (Å²) in [5, 5.41) is 0.838. The fourth-order valence-electron chi connectivity index (χ4n) is 2.70. The van der Waals surface area contributed by atoms with Gasteiger partial charge in [-0.25, -0.2) is 9.97 Å². The van der Waals surface area contributed by atoms with Crippen molar-refractivity contribution in [1.82, 2.24) is 14.9 Å². The second-order valence-electron chi connectivity index (χ2n) is 5.92. The van der Waals surface area contributed by atoms with Gasteiger partial charge in [0.25, 0.3) is 0 Å². The van der Waals surface area contributed by atoms with Crippen molar-refractivity contribution < 1.29 is 4.74 Å². The first-order chi connectivity index (χ1) is 11.3. The van der Waals surface area contributed by atoms with Gasteiger partial charge in [-0.05, 0) is 18.9 Å². The lowest BCUT2D eigenvalue weighted by Crippen LogP contribution is -2.29. The summed E-state index contributed by atoms with van der Waals surface area (Å²) < 4.78 is 5.69. The van der Waals surface area contributed by atoms with Gasteiger partial charge >= 0.3 is 0 Å². The van der Waals surface area contributed by atoms with E-state index in [9.17, 15) is 0 Å². The molecule has 2 aromatic rings. The number of thioether (sulfide) groups is 1. The van der Waals surface area contributed by atoms with E-state index in [4.69, 9.17) is 4.74 Å². The predicted octanol–water partition coefficient (Wildman–Crippen LogP) is 3.38. The summed E-state index contributed by atoms with van der Waals surface area (Å²) in [6.45, 7) is 5.96. The quantitative estimate of drug-likeness (QED) is 0.621. The predicted molar refractivity (Wildman–Crippen MR) is 93.3 cm³/mol. The van der Waals surface area contributed by atoms with Crippen LogP contribution >= 0.6 is 11.8 Å². The first-order valence-electron chi connectivity index (χ1n) is 8.11. The molecule has 4 nitrogen and oxygen atoms in total. The molecule has 0 spiro atoms. The number of hydrogen-bond donors (Lipinski definition) is 0. The second kappa shape index (κ2) is 8.43. The van der Waals surface area contributed by atoms with Gasteiger partial charge in [0.15, 0.2) is 5.16 Å². The molecule has 0 saturated carbocycles. The van der Waals surface area contributed by atoms with Crippen molar-refractivity contribution in [2.24, 2.45) is 0 Å². The SMILES string of the molecule is C[C@H]1CN(Cc2cnc(SCc3ccccc3)nc2)CCCO1. The highest BCUT2D eigenvalue weighted by Gasteiger charge is 2.15. The molecular formula is C18H23N3OS. The van der Waals surface area contributed by atoms with Gasteiger partial charge in [0, 0.05) is 50.0 Å². The van der Waals surface area contributed by atoms with Crippen LogP contribution in [0.25, 0.3) is 0 Å². The number of aromatic nitrogens is 2. The summed E-state index contributed by atoms with van der Waals surface area (Å²) in [6, 6.07) is 10.4. The van der Waals surface area contributed by atoms with Crippen molar-refractivity contribution in [1.29, 1.82) is 0 Å². The number of nitrogens with zero attached hydrogens (tertiary/aromatic N) is 3. The molecule has 23 heavy (non-hydrogen) atoms. The minimum Gasteiger partial charge on any atom is -0.377 e. The van der Waals surface area contributed by atoms with E-state index in [1.54, 1.807) is 11.8 Å². The van der Waals surface area contributed by atoms with Crippen molar-refractivity contribution in [3.05, 3.63) is 53.9 Å². The molecule has 2 heterocycles. The molecule has 1 aromatic heterocycles. The van der Waals surface area contributed by atoms with Crippen LogP contribution in [0.4, 0.5) is 0 Å². The van der Waals surface area contributed by atoms with Gasteiger partial charge in [-0.1, -0.05) is 42.1 Å². The third kappa shape index (κ3) is 5.30. The smallest absolute Gasteiger partial charge is 0.187 e. The number of ether oxygens (including phenoxy) is 1. The second-order valence-corrected chi connectivity index (χ2v) is 6.86. The largest absolute Gasteiger partial charge is 0.377 e. The highest BCUT2D eigenvalue weighted by atomic mass is 32.2. The van der Waals surface area contributed by atoms with E-state index in [2.05, 4.69) is 46.1 Å². The summed E-state index contributed by atoms with van der Waals surface area (Å²) in [4.78, 5) is 11.4. The molecule has 1 aromatic carbocycles. The maximum absolute atomic E-state index is 5.69. The van der Waals surface area contributed by atoms with Gasteiger partial charge in [-0.15, -0.1) is 0 Å². The normalized spacial score (nSPS) is 19.4. The topological polar surface area (TPSA) is 38.2 Å². The van der Waals surface area contributed by atoms with Crippen molar-refractivity contribution in [2.75, 3.05) is 19.7 Å². The lowest BCUT2D eigenvalue weighted by molar-refractivity contribution is 0.0667. The van der Waals surface area contributed by atoms with Crippen molar-refractivity contribution in [2.45, 2.75) is 36.9 Å². The molecule has 0 N–H and O–H groups in total. The van der Waals surface area contributed by atoms with E-state index in [1.807, 2.05) is 18.5 Å². The summed E-state index contributed by atoms with van der Waals surface area (Å²) in [5.74, 6) is 0.904. The molecule has 5 heteroatoms. The van der Waals surface area contributed by atoms with Crippen LogP contribution in [0.1, 0.15) is 24.5 Å². The highest BCUT2D eigenvalue weighted by molar-refractivity contribution is 7.98. The molecule has 1 aliphatic heterocycles. The van der Waals surface area contributed by atoms with E-state index < -0.39 is 0 Å². The number of hydrogen-bond acceptors (Lipinski definition) is 5.